The van der Waals surface area contributed by atoms with Crippen molar-refractivity contribution in [2.75, 3.05) is 0 Å². The molecule has 3 rings (SSSR count). The molecule has 2 aromatic carbocycles. The highest BCUT2D eigenvalue weighted by molar-refractivity contribution is 6.33. The largest absolute Gasteiger partial charge is 0.506 e. The SMILES string of the molecule is O=C1/C(=C/c2ccc(O)c(Cl)c2)Oc2c(Cl)cccc21. The van der Waals surface area contributed by atoms with E-state index in [9.17, 15) is 9.90 Å². The number of benzene rings is 2. The lowest BCUT2D eigenvalue weighted by Crippen LogP contribution is -1.97. The summed E-state index contributed by atoms with van der Waals surface area (Å²) in [6.45, 7) is 0. The summed E-state index contributed by atoms with van der Waals surface area (Å²) in [6, 6.07) is 9.65. The average Bonchev–Trinajstić information content (AvgIpc) is 2.73. The number of carbonyl (C=O) groups is 1. The molecule has 3 nitrogen and oxygen atoms in total. The van der Waals surface area contributed by atoms with Crippen LogP contribution in [0.2, 0.25) is 10.0 Å². The number of aromatic hydroxyl groups is 1. The van der Waals surface area contributed by atoms with Gasteiger partial charge in [0.1, 0.15) is 5.75 Å². The van der Waals surface area contributed by atoms with Crippen molar-refractivity contribution >= 4 is 35.1 Å². The number of phenols is 1. The van der Waals surface area contributed by atoms with Gasteiger partial charge >= 0.3 is 0 Å². The first kappa shape index (κ1) is 13.0. The van der Waals surface area contributed by atoms with E-state index in [2.05, 4.69) is 0 Å². The van der Waals surface area contributed by atoms with Gasteiger partial charge in [-0.3, -0.25) is 4.79 Å². The van der Waals surface area contributed by atoms with Crippen LogP contribution in [0.3, 0.4) is 0 Å². The van der Waals surface area contributed by atoms with Crippen molar-refractivity contribution in [2.24, 2.45) is 0 Å². The van der Waals surface area contributed by atoms with Gasteiger partial charge in [0.2, 0.25) is 5.78 Å². The van der Waals surface area contributed by atoms with E-state index < -0.39 is 0 Å². The number of ketones is 1. The smallest absolute Gasteiger partial charge is 0.232 e. The van der Waals surface area contributed by atoms with Crippen LogP contribution in [0.4, 0.5) is 0 Å². The van der Waals surface area contributed by atoms with E-state index >= 15 is 0 Å². The normalized spacial score (nSPS) is 15.3. The van der Waals surface area contributed by atoms with E-state index in [1.54, 1.807) is 36.4 Å². The van der Waals surface area contributed by atoms with Crippen molar-refractivity contribution in [3.05, 3.63) is 63.3 Å². The topological polar surface area (TPSA) is 46.5 Å². The third-order valence-electron chi connectivity index (χ3n) is 2.92. The molecule has 0 unspecified atom stereocenters. The van der Waals surface area contributed by atoms with Crippen LogP contribution in [0.25, 0.3) is 6.08 Å². The zero-order chi connectivity index (χ0) is 14.3. The van der Waals surface area contributed by atoms with Gasteiger partial charge in [-0.2, -0.15) is 0 Å². The van der Waals surface area contributed by atoms with E-state index in [-0.39, 0.29) is 22.3 Å². The van der Waals surface area contributed by atoms with Gasteiger partial charge in [-0.1, -0.05) is 35.3 Å². The van der Waals surface area contributed by atoms with Crippen LogP contribution in [0.1, 0.15) is 15.9 Å². The van der Waals surface area contributed by atoms with Crippen molar-refractivity contribution in [1.29, 1.82) is 0 Å². The summed E-state index contributed by atoms with van der Waals surface area (Å²) in [4.78, 5) is 12.2. The van der Waals surface area contributed by atoms with Crippen LogP contribution in [-0.4, -0.2) is 10.9 Å². The fourth-order valence-electron chi connectivity index (χ4n) is 1.94. The Labute approximate surface area is 125 Å². The molecule has 2 aromatic rings. The summed E-state index contributed by atoms with van der Waals surface area (Å²) in [5.74, 6) is 0.302. The number of halogens is 2. The minimum Gasteiger partial charge on any atom is -0.506 e. The number of hydrogen-bond acceptors (Lipinski definition) is 3. The summed E-state index contributed by atoms with van der Waals surface area (Å²) < 4.78 is 5.50. The summed E-state index contributed by atoms with van der Waals surface area (Å²) in [5, 5.41) is 9.97. The Hall–Kier alpha value is -1.97. The third-order valence-corrected chi connectivity index (χ3v) is 3.52. The number of phenolic OH excluding ortho intramolecular Hbond substituents is 1. The van der Waals surface area contributed by atoms with Gasteiger partial charge in [0, 0.05) is 0 Å². The highest BCUT2D eigenvalue weighted by Crippen LogP contribution is 2.38. The molecule has 0 aromatic heterocycles. The van der Waals surface area contributed by atoms with Crippen LogP contribution in [0.15, 0.2) is 42.2 Å². The first-order valence-corrected chi connectivity index (χ1v) is 6.53. The molecule has 0 atom stereocenters. The van der Waals surface area contributed by atoms with Gasteiger partial charge in [-0.25, -0.2) is 0 Å². The number of ether oxygens (including phenoxy) is 1. The molecule has 0 saturated heterocycles. The minimum atomic E-state index is -0.230. The van der Waals surface area contributed by atoms with Crippen molar-refractivity contribution in [2.45, 2.75) is 0 Å². The molecule has 0 amide bonds. The van der Waals surface area contributed by atoms with E-state index in [0.717, 1.165) is 0 Å². The van der Waals surface area contributed by atoms with Crippen LogP contribution in [0.5, 0.6) is 11.5 Å². The molecule has 1 heterocycles. The molecule has 1 aliphatic heterocycles. The second kappa shape index (κ2) is 4.85. The lowest BCUT2D eigenvalue weighted by molar-refractivity contribution is 0.101. The molecule has 1 aliphatic rings. The summed E-state index contributed by atoms with van der Waals surface area (Å²) >= 11 is 11.8. The average molecular weight is 307 g/mol. The maximum absolute atomic E-state index is 12.2. The molecule has 0 bridgehead atoms. The molecule has 20 heavy (non-hydrogen) atoms. The van der Waals surface area contributed by atoms with E-state index in [1.807, 2.05) is 0 Å². The predicted octanol–water partition coefficient (Wildman–Crippen LogP) is 4.32. The molecule has 0 radical (unpaired) electrons. The number of rotatable bonds is 1. The summed E-state index contributed by atoms with van der Waals surface area (Å²) in [5.41, 5.74) is 1.09. The van der Waals surface area contributed by atoms with E-state index in [4.69, 9.17) is 27.9 Å². The van der Waals surface area contributed by atoms with Crippen molar-refractivity contribution in [1.82, 2.24) is 0 Å². The lowest BCUT2D eigenvalue weighted by atomic mass is 10.1. The molecule has 1 N–H and O–H groups in total. The molecular weight excluding hydrogens is 299 g/mol. The van der Waals surface area contributed by atoms with Gasteiger partial charge in [-0.05, 0) is 35.9 Å². The number of allylic oxidation sites excluding steroid dienone is 1. The Morgan fingerprint density at radius 1 is 1.10 bits per heavy atom. The number of fused-ring (bicyclic) bond motifs is 1. The minimum absolute atomic E-state index is 0.0150. The molecule has 5 heteroatoms. The third kappa shape index (κ3) is 2.15. The quantitative estimate of drug-likeness (QED) is 0.798. The summed E-state index contributed by atoms with van der Waals surface area (Å²) in [7, 11) is 0. The maximum Gasteiger partial charge on any atom is 0.232 e. The molecule has 0 saturated carbocycles. The van der Waals surface area contributed by atoms with Crippen LogP contribution in [-0.2, 0) is 0 Å². The van der Waals surface area contributed by atoms with E-state index in [0.29, 0.717) is 21.9 Å². The van der Waals surface area contributed by atoms with Crippen LogP contribution >= 0.6 is 23.2 Å². The standard InChI is InChI=1S/C15H8Cl2O3/c16-10-3-1-2-9-14(19)13(20-15(9)10)7-8-4-5-12(18)11(17)6-8/h1-7,18H/b13-7-. The van der Waals surface area contributed by atoms with Gasteiger partial charge in [0.15, 0.2) is 11.5 Å². The maximum atomic E-state index is 12.2. The zero-order valence-corrected chi connectivity index (χ0v) is 11.6. The number of para-hydroxylation sites is 1. The number of hydrogen-bond donors (Lipinski definition) is 1. The van der Waals surface area contributed by atoms with Gasteiger partial charge in [-0.15, -0.1) is 0 Å². The first-order valence-electron chi connectivity index (χ1n) is 5.77. The van der Waals surface area contributed by atoms with Crippen LogP contribution < -0.4 is 4.74 Å². The van der Waals surface area contributed by atoms with Gasteiger partial charge < -0.3 is 9.84 Å². The predicted molar refractivity (Wildman–Crippen MR) is 77.5 cm³/mol. The van der Waals surface area contributed by atoms with Gasteiger partial charge in [0.25, 0.3) is 0 Å². The zero-order valence-electron chi connectivity index (χ0n) is 10.1. The van der Waals surface area contributed by atoms with Crippen molar-refractivity contribution < 1.29 is 14.6 Å². The summed E-state index contributed by atoms with van der Waals surface area (Å²) in [6.07, 6.45) is 1.56. The lowest BCUT2D eigenvalue weighted by Gasteiger charge is -2.01. The molecule has 100 valence electrons. The Morgan fingerprint density at radius 3 is 2.60 bits per heavy atom. The van der Waals surface area contributed by atoms with Crippen molar-refractivity contribution in [3.8, 4) is 11.5 Å². The number of carbonyl (C=O) groups excluding carboxylic acids is 1. The first-order chi connectivity index (χ1) is 9.56. The Morgan fingerprint density at radius 2 is 1.90 bits per heavy atom. The Balaban J connectivity index is 2.01. The molecule has 0 spiro atoms. The molecular formula is C15H8Cl2O3. The highest BCUT2D eigenvalue weighted by Gasteiger charge is 2.28. The highest BCUT2D eigenvalue weighted by atomic mass is 35.5. The Bertz CT molecular complexity index is 751. The number of Topliss-reactive ketones (excluding diaryl/α,β-unsaturated/α-hetero) is 1. The Kier molecular flexibility index (Phi) is 3.16. The van der Waals surface area contributed by atoms with Gasteiger partial charge in [0.05, 0.1) is 15.6 Å². The second-order valence-corrected chi connectivity index (χ2v) is 5.08. The van der Waals surface area contributed by atoms with Crippen LogP contribution in [0, 0.1) is 0 Å². The molecule has 0 aliphatic carbocycles. The molecule has 0 fully saturated rings. The van der Waals surface area contributed by atoms with E-state index in [1.165, 1.54) is 6.07 Å². The fraction of sp³-hybridized carbons (Fsp3) is 0. The monoisotopic (exact) mass is 306 g/mol. The fourth-order valence-corrected chi connectivity index (χ4v) is 2.34. The van der Waals surface area contributed by atoms with Crippen molar-refractivity contribution in [3.63, 3.8) is 0 Å². The second-order valence-electron chi connectivity index (χ2n) is 4.27.